The molecule has 4 aromatic carbocycles. The number of hydrogen-bond donors (Lipinski definition) is 0. The third-order valence-corrected chi connectivity index (χ3v) is 5.91. The van der Waals surface area contributed by atoms with Gasteiger partial charge in [0.1, 0.15) is 5.82 Å². The number of hydrogen-bond acceptors (Lipinski definition) is 0. The molecule has 35 heavy (non-hydrogen) atoms. The molecule has 176 valence electrons. The van der Waals surface area contributed by atoms with E-state index in [9.17, 15) is 17.6 Å². The maximum Gasteiger partial charge on any atom is 0.195 e. The highest BCUT2D eigenvalue weighted by Gasteiger charge is 2.13. The SMILES string of the molecule is C/C=C/CCc1ccc(CCc2ccc(C#Cc3ccc4c(F)c(F)c(F)cc4c3)cc2)c(F)c1. The molecule has 0 saturated carbocycles. The molecule has 0 atom stereocenters. The van der Waals surface area contributed by atoms with Crippen LogP contribution in [0, 0.1) is 35.1 Å². The largest absolute Gasteiger partial charge is 0.207 e. The Morgan fingerprint density at radius 2 is 1.37 bits per heavy atom. The van der Waals surface area contributed by atoms with Crippen LogP contribution in [0.2, 0.25) is 0 Å². The minimum absolute atomic E-state index is 0.0125. The van der Waals surface area contributed by atoms with Crippen LogP contribution < -0.4 is 0 Å². The van der Waals surface area contributed by atoms with Gasteiger partial charge in [-0.25, -0.2) is 17.6 Å². The molecule has 0 aromatic heterocycles. The summed E-state index contributed by atoms with van der Waals surface area (Å²) in [5, 5.41) is 0.264. The summed E-state index contributed by atoms with van der Waals surface area (Å²) in [7, 11) is 0. The molecule has 4 rings (SSSR count). The zero-order chi connectivity index (χ0) is 24.8. The normalized spacial score (nSPS) is 11.1. The summed E-state index contributed by atoms with van der Waals surface area (Å²) in [6.45, 7) is 1.98. The van der Waals surface area contributed by atoms with E-state index in [1.807, 2.05) is 49.4 Å². The number of benzene rings is 4. The Morgan fingerprint density at radius 1 is 0.657 bits per heavy atom. The van der Waals surface area contributed by atoms with Gasteiger partial charge in [-0.15, -0.1) is 0 Å². The summed E-state index contributed by atoms with van der Waals surface area (Å²) in [5.74, 6) is 1.94. The van der Waals surface area contributed by atoms with Crippen LogP contribution in [-0.2, 0) is 19.3 Å². The first-order valence-corrected chi connectivity index (χ1v) is 11.5. The van der Waals surface area contributed by atoms with E-state index in [2.05, 4.69) is 17.9 Å². The molecule has 0 amide bonds. The maximum absolute atomic E-state index is 14.5. The molecule has 4 heteroatoms. The average molecular weight is 473 g/mol. The smallest absolute Gasteiger partial charge is 0.195 e. The van der Waals surface area contributed by atoms with E-state index in [-0.39, 0.29) is 16.6 Å². The van der Waals surface area contributed by atoms with Crippen LogP contribution in [0.1, 0.15) is 41.2 Å². The van der Waals surface area contributed by atoms with Crippen molar-refractivity contribution in [2.45, 2.75) is 32.6 Å². The zero-order valence-electron chi connectivity index (χ0n) is 19.3. The summed E-state index contributed by atoms with van der Waals surface area (Å²) in [6, 6.07) is 18.7. The van der Waals surface area contributed by atoms with Crippen molar-refractivity contribution in [3.8, 4) is 11.8 Å². The van der Waals surface area contributed by atoms with Crippen LogP contribution in [0.15, 0.2) is 78.9 Å². The van der Waals surface area contributed by atoms with Gasteiger partial charge in [0.15, 0.2) is 17.5 Å². The molecular weight excluding hydrogens is 448 g/mol. The number of aryl methyl sites for hydroxylation is 3. The Bertz CT molecular complexity index is 1440. The highest BCUT2D eigenvalue weighted by Crippen LogP contribution is 2.24. The fourth-order valence-corrected chi connectivity index (χ4v) is 3.93. The average Bonchev–Trinajstić information content (AvgIpc) is 2.86. The second-order valence-electron chi connectivity index (χ2n) is 8.40. The highest BCUT2D eigenvalue weighted by molar-refractivity contribution is 5.84. The summed E-state index contributed by atoms with van der Waals surface area (Å²) in [5.41, 5.74) is 4.12. The lowest BCUT2D eigenvalue weighted by atomic mass is 10.0. The first-order chi connectivity index (χ1) is 16.9. The molecule has 0 fully saturated rings. The number of rotatable bonds is 6. The van der Waals surface area contributed by atoms with Gasteiger partial charge in [0, 0.05) is 16.5 Å². The lowest BCUT2D eigenvalue weighted by molar-refractivity contribution is 0.453. The van der Waals surface area contributed by atoms with E-state index < -0.39 is 17.5 Å². The second-order valence-corrected chi connectivity index (χ2v) is 8.40. The molecule has 0 aliphatic carbocycles. The Labute approximate surface area is 202 Å². The molecule has 0 nitrogen and oxygen atoms in total. The lowest BCUT2D eigenvalue weighted by Crippen LogP contribution is -1.97. The van der Waals surface area contributed by atoms with Gasteiger partial charge in [0.05, 0.1) is 0 Å². The molecule has 0 N–H and O–H groups in total. The van der Waals surface area contributed by atoms with Crippen LogP contribution in [0.25, 0.3) is 10.8 Å². The predicted molar refractivity (Wildman–Crippen MR) is 133 cm³/mol. The Kier molecular flexibility index (Phi) is 7.67. The Morgan fingerprint density at radius 3 is 2.11 bits per heavy atom. The quantitative estimate of drug-likeness (QED) is 0.115. The zero-order valence-corrected chi connectivity index (χ0v) is 19.3. The number of allylic oxidation sites excluding steroid dienone is 2. The third kappa shape index (κ3) is 6.00. The molecule has 0 aliphatic heterocycles. The van der Waals surface area contributed by atoms with E-state index in [4.69, 9.17) is 0 Å². The van der Waals surface area contributed by atoms with E-state index in [1.54, 1.807) is 12.1 Å². The maximum atomic E-state index is 14.5. The molecular formula is C31H24F4. The molecule has 0 unspecified atom stereocenters. The monoisotopic (exact) mass is 472 g/mol. The van der Waals surface area contributed by atoms with E-state index in [0.717, 1.165) is 35.6 Å². The van der Waals surface area contributed by atoms with Gasteiger partial charge in [0.25, 0.3) is 0 Å². The standard InChI is InChI=1S/C31H24F4/c1-2-3-4-5-23-13-16-25(28(32)19-23)15-12-22-8-6-21(7-9-22)10-11-24-14-17-27-26(18-24)20-29(33)31(35)30(27)34/h2-3,6-9,13-14,16-20H,4-5,12,15H2,1H3/b3-2+. The Hall–Kier alpha value is -3.84. The van der Waals surface area contributed by atoms with Gasteiger partial charge in [-0.1, -0.05) is 54.3 Å². The van der Waals surface area contributed by atoms with Crippen LogP contribution in [0.5, 0.6) is 0 Å². The van der Waals surface area contributed by atoms with Crippen LogP contribution in [0.4, 0.5) is 17.6 Å². The summed E-state index contributed by atoms with van der Waals surface area (Å²) < 4.78 is 55.3. The van der Waals surface area contributed by atoms with Crippen molar-refractivity contribution < 1.29 is 17.6 Å². The summed E-state index contributed by atoms with van der Waals surface area (Å²) >= 11 is 0. The third-order valence-electron chi connectivity index (χ3n) is 5.91. The van der Waals surface area contributed by atoms with Crippen molar-refractivity contribution in [2.24, 2.45) is 0 Å². The van der Waals surface area contributed by atoms with Crippen molar-refractivity contribution in [2.75, 3.05) is 0 Å². The predicted octanol–water partition coefficient (Wildman–Crippen LogP) is 8.09. The molecule has 0 spiro atoms. The molecule has 0 radical (unpaired) electrons. The van der Waals surface area contributed by atoms with Gasteiger partial charge in [0.2, 0.25) is 0 Å². The van der Waals surface area contributed by atoms with Crippen LogP contribution in [-0.4, -0.2) is 0 Å². The molecule has 4 aromatic rings. The van der Waals surface area contributed by atoms with Gasteiger partial charge in [-0.05, 0) is 91.1 Å². The first-order valence-electron chi connectivity index (χ1n) is 11.5. The van der Waals surface area contributed by atoms with Crippen molar-refractivity contribution in [3.05, 3.63) is 130 Å². The van der Waals surface area contributed by atoms with Crippen molar-refractivity contribution in [3.63, 3.8) is 0 Å². The van der Waals surface area contributed by atoms with E-state index >= 15 is 0 Å². The van der Waals surface area contributed by atoms with Gasteiger partial charge < -0.3 is 0 Å². The second kappa shape index (κ2) is 11.1. The summed E-state index contributed by atoms with van der Waals surface area (Å²) in [4.78, 5) is 0. The van der Waals surface area contributed by atoms with Gasteiger partial charge in [-0.3, -0.25) is 0 Å². The first kappa shape index (κ1) is 24.3. The fourth-order valence-electron chi connectivity index (χ4n) is 3.93. The molecule has 0 bridgehead atoms. The Balaban J connectivity index is 1.40. The number of fused-ring (bicyclic) bond motifs is 1. The minimum atomic E-state index is -1.48. The van der Waals surface area contributed by atoms with E-state index in [0.29, 0.717) is 24.0 Å². The molecule has 0 heterocycles. The highest BCUT2D eigenvalue weighted by atomic mass is 19.2. The van der Waals surface area contributed by atoms with Gasteiger partial charge in [-0.2, -0.15) is 0 Å². The lowest BCUT2D eigenvalue weighted by Gasteiger charge is -2.06. The van der Waals surface area contributed by atoms with Crippen molar-refractivity contribution in [1.29, 1.82) is 0 Å². The molecule has 0 saturated heterocycles. The number of halogens is 4. The topological polar surface area (TPSA) is 0 Å². The van der Waals surface area contributed by atoms with Gasteiger partial charge >= 0.3 is 0 Å². The van der Waals surface area contributed by atoms with Crippen LogP contribution in [0.3, 0.4) is 0 Å². The molecule has 0 aliphatic rings. The van der Waals surface area contributed by atoms with Crippen molar-refractivity contribution >= 4 is 10.8 Å². The summed E-state index contributed by atoms with van der Waals surface area (Å²) in [6.07, 6.45) is 7.13. The van der Waals surface area contributed by atoms with E-state index in [1.165, 1.54) is 12.1 Å². The fraction of sp³-hybridized carbons (Fsp3) is 0.161. The minimum Gasteiger partial charge on any atom is -0.207 e. The van der Waals surface area contributed by atoms with Crippen LogP contribution >= 0.6 is 0 Å². The van der Waals surface area contributed by atoms with Crippen molar-refractivity contribution in [1.82, 2.24) is 0 Å².